The number of hydrogen-bond donors (Lipinski definition) is 0. The maximum Gasteiger partial charge on any atom is 0.416 e. The van der Waals surface area contributed by atoms with Crippen molar-refractivity contribution < 1.29 is 27.2 Å². The molecule has 4 aromatic rings. The Morgan fingerprint density at radius 1 is 0.792 bits per heavy atom. The smallest absolute Gasteiger partial charge is 0.338 e. The molecule has 250 valence electrons. The van der Waals surface area contributed by atoms with Gasteiger partial charge in [-0.1, -0.05) is 97.9 Å². The Labute approximate surface area is 279 Å². The summed E-state index contributed by atoms with van der Waals surface area (Å²) in [5.74, 6) is -1.84. The van der Waals surface area contributed by atoms with Gasteiger partial charge in [-0.05, 0) is 46.9 Å². The molecule has 0 saturated carbocycles. The van der Waals surface area contributed by atoms with E-state index in [-0.39, 0.29) is 24.4 Å². The molecule has 1 saturated heterocycles. The number of aryl methyl sites for hydroxylation is 1. The average molecular weight is 658 g/mol. The van der Waals surface area contributed by atoms with E-state index in [1.165, 1.54) is 10.5 Å². The molecule has 0 spiro atoms. The molecule has 0 N–H and O–H groups in total. The minimum Gasteiger partial charge on any atom is -0.338 e. The first kappa shape index (κ1) is 34.6. The maximum atomic E-state index is 14.7. The average Bonchev–Trinajstić information content (AvgIpc) is 3.10. The fourth-order valence-electron chi connectivity index (χ4n) is 5.86. The molecule has 1 atom stereocenters. The Balaban J connectivity index is 1.43. The topological polar surface area (TPSA) is 43.9 Å². The number of halogens is 4. The lowest BCUT2D eigenvalue weighted by molar-refractivity contribution is -0.145. The molecule has 5 rings (SSSR count). The third kappa shape index (κ3) is 9.19. The van der Waals surface area contributed by atoms with E-state index in [1.54, 1.807) is 4.90 Å². The summed E-state index contributed by atoms with van der Waals surface area (Å²) in [7, 11) is 0. The SMILES string of the molecule is CCc1ccc(CN(C(=O)C=Cc2ccc(C(F)(F)F)cc2F)[C@@H](Cc2ccccc2)C(=O)N2CCN(Cc3ccccc3)CC2)cc1. The molecule has 1 aliphatic heterocycles. The number of alkyl halides is 3. The number of carbonyl (C=O) groups excluding carboxylic acids is 2. The van der Waals surface area contributed by atoms with Crippen LogP contribution in [-0.4, -0.2) is 58.7 Å². The monoisotopic (exact) mass is 657 g/mol. The van der Waals surface area contributed by atoms with Crippen LogP contribution in [0, 0.1) is 5.82 Å². The number of rotatable bonds is 11. The van der Waals surface area contributed by atoms with Gasteiger partial charge in [-0.15, -0.1) is 0 Å². The highest BCUT2D eigenvalue weighted by Gasteiger charge is 2.34. The number of benzene rings is 4. The van der Waals surface area contributed by atoms with Crippen molar-refractivity contribution in [1.82, 2.24) is 14.7 Å². The van der Waals surface area contributed by atoms with Gasteiger partial charge in [0.05, 0.1) is 5.56 Å². The Kier molecular flexibility index (Phi) is 11.4. The number of hydrogen-bond acceptors (Lipinski definition) is 3. The van der Waals surface area contributed by atoms with Crippen LogP contribution in [0.2, 0.25) is 0 Å². The fourth-order valence-corrected chi connectivity index (χ4v) is 5.86. The van der Waals surface area contributed by atoms with E-state index < -0.39 is 29.5 Å². The highest BCUT2D eigenvalue weighted by molar-refractivity contribution is 5.95. The zero-order chi connectivity index (χ0) is 34.1. The van der Waals surface area contributed by atoms with E-state index in [0.717, 1.165) is 53.9 Å². The Morgan fingerprint density at radius 2 is 1.40 bits per heavy atom. The predicted octanol–water partition coefficient (Wildman–Crippen LogP) is 7.40. The van der Waals surface area contributed by atoms with E-state index in [2.05, 4.69) is 17.0 Å². The molecular formula is C39H39F4N3O2. The van der Waals surface area contributed by atoms with Crippen LogP contribution < -0.4 is 0 Å². The molecule has 1 heterocycles. The second-order valence-corrected chi connectivity index (χ2v) is 12.0. The normalized spacial score (nSPS) is 14.6. The molecule has 1 fully saturated rings. The molecular weight excluding hydrogens is 618 g/mol. The van der Waals surface area contributed by atoms with Crippen molar-refractivity contribution in [2.45, 2.75) is 45.1 Å². The standard InChI is InChI=1S/C39H39F4N3O2/c1-2-29-13-15-32(16-14-29)28-46(37(47)20-18-33-17-19-34(26-35(33)40)39(41,42)43)36(25-30-9-5-3-6-10-30)38(48)45-23-21-44(22-24-45)27-31-11-7-4-8-12-31/h3-20,26,36H,2,21-25,27-28H2,1H3/t36-/m0/s1. The molecule has 1 aliphatic rings. The van der Waals surface area contributed by atoms with E-state index in [1.807, 2.05) is 79.7 Å². The number of carbonyl (C=O) groups is 2. The van der Waals surface area contributed by atoms with Crippen molar-refractivity contribution in [3.63, 3.8) is 0 Å². The zero-order valence-corrected chi connectivity index (χ0v) is 26.9. The van der Waals surface area contributed by atoms with Crippen molar-refractivity contribution >= 4 is 17.9 Å². The summed E-state index contributed by atoms with van der Waals surface area (Å²) >= 11 is 0. The molecule has 5 nitrogen and oxygen atoms in total. The maximum absolute atomic E-state index is 14.7. The van der Waals surface area contributed by atoms with Gasteiger partial charge in [0, 0.05) is 57.3 Å². The first-order chi connectivity index (χ1) is 23.1. The molecule has 0 aliphatic carbocycles. The van der Waals surface area contributed by atoms with Gasteiger partial charge in [-0.2, -0.15) is 13.2 Å². The Bertz CT molecular complexity index is 1680. The van der Waals surface area contributed by atoms with Crippen LogP contribution in [0.25, 0.3) is 6.08 Å². The summed E-state index contributed by atoms with van der Waals surface area (Å²) < 4.78 is 54.0. The minimum absolute atomic E-state index is 0.111. The van der Waals surface area contributed by atoms with Crippen LogP contribution in [0.3, 0.4) is 0 Å². The summed E-state index contributed by atoms with van der Waals surface area (Å²) in [6, 6.07) is 28.7. The number of amides is 2. The largest absolute Gasteiger partial charge is 0.416 e. The van der Waals surface area contributed by atoms with Crippen molar-refractivity contribution in [1.29, 1.82) is 0 Å². The number of piperazine rings is 1. The van der Waals surface area contributed by atoms with Gasteiger partial charge in [0.15, 0.2) is 0 Å². The molecule has 0 aromatic heterocycles. The number of nitrogens with zero attached hydrogens (tertiary/aromatic N) is 3. The molecule has 0 bridgehead atoms. The van der Waals surface area contributed by atoms with Crippen molar-refractivity contribution in [2.24, 2.45) is 0 Å². The second-order valence-electron chi connectivity index (χ2n) is 12.0. The van der Waals surface area contributed by atoms with Crippen LogP contribution in [-0.2, 0) is 41.7 Å². The highest BCUT2D eigenvalue weighted by atomic mass is 19.4. The minimum atomic E-state index is -4.69. The van der Waals surface area contributed by atoms with Gasteiger partial charge in [-0.3, -0.25) is 14.5 Å². The van der Waals surface area contributed by atoms with Crippen LogP contribution in [0.15, 0.2) is 109 Å². The van der Waals surface area contributed by atoms with Crippen LogP contribution in [0.4, 0.5) is 17.6 Å². The summed E-state index contributed by atoms with van der Waals surface area (Å²) in [6.45, 7) is 5.29. The Hall–Kier alpha value is -4.76. The third-order valence-corrected chi connectivity index (χ3v) is 8.67. The molecule has 9 heteroatoms. The van der Waals surface area contributed by atoms with E-state index in [0.29, 0.717) is 32.2 Å². The first-order valence-electron chi connectivity index (χ1n) is 16.1. The summed E-state index contributed by atoms with van der Waals surface area (Å²) in [6.07, 6.45) is -1.30. The quantitative estimate of drug-likeness (QED) is 0.125. The van der Waals surface area contributed by atoms with Crippen molar-refractivity contribution in [3.05, 3.63) is 148 Å². The summed E-state index contributed by atoms with van der Waals surface area (Å²) in [5.41, 5.74) is 2.73. The molecule has 2 amide bonds. The zero-order valence-electron chi connectivity index (χ0n) is 26.9. The lowest BCUT2D eigenvalue weighted by Crippen LogP contribution is -2.56. The predicted molar refractivity (Wildman–Crippen MR) is 179 cm³/mol. The summed E-state index contributed by atoms with van der Waals surface area (Å²) in [5, 5.41) is 0. The van der Waals surface area contributed by atoms with Gasteiger partial charge in [0.1, 0.15) is 11.9 Å². The lowest BCUT2D eigenvalue weighted by atomic mass is 10.0. The lowest BCUT2D eigenvalue weighted by Gasteiger charge is -2.39. The van der Waals surface area contributed by atoms with Crippen LogP contribution in [0.5, 0.6) is 0 Å². The van der Waals surface area contributed by atoms with E-state index >= 15 is 0 Å². The van der Waals surface area contributed by atoms with E-state index in [4.69, 9.17) is 0 Å². The summed E-state index contributed by atoms with van der Waals surface area (Å²) in [4.78, 5) is 34.0. The van der Waals surface area contributed by atoms with Gasteiger partial charge < -0.3 is 9.80 Å². The van der Waals surface area contributed by atoms with Crippen LogP contribution in [0.1, 0.15) is 40.3 Å². The fraction of sp³-hybridized carbons (Fsp3) is 0.282. The first-order valence-corrected chi connectivity index (χ1v) is 16.1. The second kappa shape index (κ2) is 15.9. The molecule has 0 radical (unpaired) electrons. The van der Waals surface area contributed by atoms with Crippen molar-refractivity contribution in [2.75, 3.05) is 26.2 Å². The van der Waals surface area contributed by atoms with Gasteiger partial charge in [0.25, 0.3) is 0 Å². The molecule has 4 aromatic carbocycles. The molecule has 0 unspecified atom stereocenters. The van der Waals surface area contributed by atoms with Crippen molar-refractivity contribution in [3.8, 4) is 0 Å². The van der Waals surface area contributed by atoms with Gasteiger partial charge in [-0.25, -0.2) is 4.39 Å². The molecule has 48 heavy (non-hydrogen) atoms. The highest BCUT2D eigenvalue weighted by Crippen LogP contribution is 2.30. The third-order valence-electron chi connectivity index (χ3n) is 8.67. The van der Waals surface area contributed by atoms with Gasteiger partial charge >= 0.3 is 6.18 Å². The van der Waals surface area contributed by atoms with Crippen LogP contribution >= 0.6 is 0 Å². The van der Waals surface area contributed by atoms with E-state index in [9.17, 15) is 27.2 Å². The van der Waals surface area contributed by atoms with Gasteiger partial charge in [0.2, 0.25) is 11.8 Å². The Morgan fingerprint density at radius 3 is 1.98 bits per heavy atom.